The number of ether oxygens (including phenoxy) is 1. The molecule has 5 nitrogen and oxygen atoms in total. The quantitative estimate of drug-likeness (QED) is 0.661. The Hall–Kier alpha value is -1.26. The summed E-state index contributed by atoms with van der Waals surface area (Å²) in [5.41, 5.74) is 0. The summed E-state index contributed by atoms with van der Waals surface area (Å²) in [6.07, 6.45) is 1.41. The molecule has 0 aromatic rings. The first-order valence-corrected chi connectivity index (χ1v) is 5.68. The molecule has 1 heterocycles. The highest BCUT2D eigenvalue weighted by molar-refractivity contribution is 5.75. The average Bonchev–Trinajstić information content (AvgIpc) is 2.36. The maximum Gasteiger partial charge on any atom is 0.319 e. The van der Waals surface area contributed by atoms with Gasteiger partial charge in [0.15, 0.2) is 0 Å². The predicted octanol–water partition coefficient (Wildman–Crippen LogP) is 0.943. The van der Waals surface area contributed by atoms with Crippen LogP contribution < -0.4 is 0 Å². The molecule has 0 spiro atoms. The smallest absolute Gasteiger partial charge is 0.319 e. The van der Waals surface area contributed by atoms with E-state index in [1.165, 1.54) is 7.11 Å². The van der Waals surface area contributed by atoms with Crippen molar-refractivity contribution < 1.29 is 14.3 Å². The first-order valence-electron chi connectivity index (χ1n) is 5.68. The van der Waals surface area contributed by atoms with E-state index in [9.17, 15) is 9.59 Å². The van der Waals surface area contributed by atoms with Gasteiger partial charge in [-0.1, -0.05) is 0 Å². The minimum atomic E-state index is -0.157. The number of methoxy groups -OCH3 is 1. The van der Waals surface area contributed by atoms with Crippen LogP contribution in [-0.4, -0.2) is 55.6 Å². The summed E-state index contributed by atoms with van der Waals surface area (Å²) in [6, 6.07) is 0.0471. The zero-order valence-electron chi connectivity index (χ0n) is 10.2. The fraction of sp³-hybridized carbons (Fsp3) is 0.818. The van der Waals surface area contributed by atoms with E-state index in [1.54, 1.807) is 16.8 Å². The first kappa shape index (κ1) is 12.8. The van der Waals surface area contributed by atoms with Crippen molar-refractivity contribution in [3.63, 3.8) is 0 Å². The van der Waals surface area contributed by atoms with Gasteiger partial charge in [-0.25, -0.2) is 4.79 Å². The van der Waals surface area contributed by atoms with Crippen LogP contribution in [0.5, 0.6) is 0 Å². The number of carbonyl (C=O) groups excluding carboxylic acids is 2. The molecule has 1 fully saturated rings. The maximum absolute atomic E-state index is 11.8. The van der Waals surface area contributed by atoms with E-state index in [0.29, 0.717) is 32.5 Å². The van der Waals surface area contributed by atoms with Crippen molar-refractivity contribution in [3.05, 3.63) is 0 Å². The standard InChI is InChI=1S/C11H20N2O3/c1-4-12(2)11(15)13-7-5-9(6-8-13)10(14)16-3/h9H,4-8H2,1-3H3. The van der Waals surface area contributed by atoms with E-state index in [4.69, 9.17) is 4.74 Å². The third-order valence-electron chi connectivity index (χ3n) is 3.10. The number of piperidine rings is 1. The second kappa shape index (κ2) is 5.72. The number of hydrogen-bond donors (Lipinski definition) is 0. The van der Waals surface area contributed by atoms with E-state index in [-0.39, 0.29) is 17.9 Å². The Morgan fingerprint density at radius 1 is 1.38 bits per heavy atom. The fourth-order valence-corrected chi connectivity index (χ4v) is 1.85. The Morgan fingerprint density at radius 3 is 2.38 bits per heavy atom. The summed E-state index contributed by atoms with van der Waals surface area (Å²) in [7, 11) is 3.19. The molecule has 1 saturated heterocycles. The first-order chi connectivity index (χ1) is 7.60. The van der Waals surface area contributed by atoms with Crippen LogP contribution in [0.25, 0.3) is 0 Å². The summed E-state index contributed by atoms with van der Waals surface area (Å²) in [6.45, 7) is 3.93. The Labute approximate surface area is 96.3 Å². The number of hydrogen-bond acceptors (Lipinski definition) is 3. The van der Waals surface area contributed by atoms with Gasteiger partial charge in [0, 0.05) is 26.7 Å². The number of likely N-dealkylation sites (tertiary alicyclic amines) is 1. The molecule has 5 heteroatoms. The van der Waals surface area contributed by atoms with Crippen LogP contribution >= 0.6 is 0 Å². The minimum Gasteiger partial charge on any atom is -0.469 e. The van der Waals surface area contributed by atoms with Crippen LogP contribution in [0, 0.1) is 5.92 Å². The highest BCUT2D eigenvalue weighted by Crippen LogP contribution is 2.19. The molecule has 0 N–H and O–H groups in total. The van der Waals surface area contributed by atoms with Gasteiger partial charge in [0.25, 0.3) is 0 Å². The molecule has 1 rings (SSSR count). The second-order valence-electron chi connectivity index (χ2n) is 4.08. The molecule has 0 radical (unpaired) electrons. The Morgan fingerprint density at radius 2 is 1.94 bits per heavy atom. The van der Waals surface area contributed by atoms with E-state index >= 15 is 0 Å². The number of urea groups is 1. The van der Waals surface area contributed by atoms with Crippen molar-refractivity contribution in [2.75, 3.05) is 33.8 Å². The average molecular weight is 228 g/mol. The van der Waals surface area contributed by atoms with Gasteiger partial charge in [-0.05, 0) is 19.8 Å². The van der Waals surface area contributed by atoms with Gasteiger partial charge in [-0.15, -0.1) is 0 Å². The molecule has 0 atom stereocenters. The molecule has 0 saturated carbocycles. The van der Waals surface area contributed by atoms with E-state index in [1.807, 2.05) is 6.92 Å². The van der Waals surface area contributed by atoms with Gasteiger partial charge in [0.2, 0.25) is 0 Å². The van der Waals surface area contributed by atoms with Crippen LogP contribution in [0.1, 0.15) is 19.8 Å². The van der Waals surface area contributed by atoms with E-state index in [2.05, 4.69) is 0 Å². The third kappa shape index (κ3) is 2.87. The summed E-state index contributed by atoms with van der Waals surface area (Å²) in [4.78, 5) is 26.6. The van der Waals surface area contributed by atoms with Crippen molar-refractivity contribution in [2.24, 2.45) is 5.92 Å². The van der Waals surface area contributed by atoms with Crippen molar-refractivity contribution in [1.29, 1.82) is 0 Å². The summed E-state index contributed by atoms with van der Waals surface area (Å²) in [5, 5.41) is 0. The molecular formula is C11H20N2O3. The van der Waals surface area contributed by atoms with Crippen molar-refractivity contribution in [3.8, 4) is 0 Å². The van der Waals surface area contributed by atoms with Crippen LogP contribution in [0.3, 0.4) is 0 Å². The van der Waals surface area contributed by atoms with Gasteiger partial charge in [0.05, 0.1) is 13.0 Å². The zero-order valence-corrected chi connectivity index (χ0v) is 10.2. The molecule has 92 valence electrons. The zero-order chi connectivity index (χ0) is 12.1. The van der Waals surface area contributed by atoms with Gasteiger partial charge in [-0.2, -0.15) is 0 Å². The molecule has 0 aromatic carbocycles. The maximum atomic E-state index is 11.8. The lowest BCUT2D eigenvalue weighted by Crippen LogP contribution is -2.46. The molecule has 0 aliphatic carbocycles. The summed E-state index contributed by atoms with van der Waals surface area (Å²) in [5.74, 6) is -0.197. The molecule has 2 amide bonds. The lowest BCUT2D eigenvalue weighted by Gasteiger charge is -2.33. The fourth-order valence-electron chi connectivity index (χ4n) is 1.85. The lowest BCUT2D eigenvalue weighted by molar-refractivity contribution is -0.146. The number of nitrogens with zero attached hydrogens (tertiary/aromatic N) is 2. The summed E-state index contributed by atoms with van der Waals surface area (Å²) < 4.78 is 4.70. The van der Waals surface area contributed by atoms with Crippen molar-refractivity contribution in [1.82, 2.24) is 9.80 Å². The number of esters is 1. The van der Waals surface area contributed by atoms with Gasteiger partial charge in [-0.3, -0.25) is 4.79 Å². The van der Waals surface area contributed by atoms with Crippen LogP contribution in [0.2, 0.25) is 0 Å². The van der Waals surface area contributed by atoms with E-state index < -0.39 is 0 Å². The molecule has 0 bridgehead atoms. The molecular weight excluding hydrogens is 208 g/mol. The Bertz CT molecular complexity index is 260. The highest BCUT2D eigenvalue weighted by Gasteiger charge is 2.28. The summed E-state index contributed by atoms with van der Waals surface area (Å²) >= 11 is 0. The highest BCUT2D eigenvalue weighted by atomic mass is 16.5. The largest absolute Gasteiger partial charge is 0.469 e. The minimum absolute atomic E-state index is 0.0408. The van der Waals surface area contributed by atoms with Crippen LogP contribution in [0.15, 0.2) is 0 Å². The Kier molecular flexibility index (Phi) is 4.58. The van der Waals surface area contributed by atoms with Crippen molar-refractivity contribution >= 4 is 12.0 Å². The second-order valence-corrected chi connectivity index (χ2v) is 4.08. The topological polar surface area (TPSA) is 49.9 Å². The van der Waals surface area contributed by atoms with Crippen LogP contribution in [-0.2, 0) is 9.53 Å². The van der Waals surface area contributed by atoms with Gasteiger partial charge >= 0.3 is 12.0 Å². The molecule has 16 heavy (non-hydrogen) atoms. The predicted molar refractivity (Wildman–Crippen MR) is 60.0 cm³/mol. The van der Waals surface area contributed by atoms with Crippen molar-refractivity contribution in [2.45, 2.75) is 19.8 Å². The van der Waals surface area contributed by atoms with E-state index in [0.717, 1.165) is 0 Å². The third-order valence-corrected chi connectivity index (χ3v) is 3.10. The van der Waals surface area contributed by atoms with Gasteiger partial charge in [0.1, 0.15) is 0 Å². The molecule has 0 unspecified atom stereocenters. The SMILES string of the molecule is CCN(C)C(=O)N1CCC(C(=O)OC)CC1. The molecule has 1 aliphatic rings. The molecule has 0 aromatic heterocycles. The number of carbonyl (C=O) groups is 2. The van der Waals surface area contributed by atoms with Crippen LogP contribution in [0.4, 0.5) is 4.79 Å². The number of rotatable bonds is 2. The lowest BCUT2D eigenvalue weighted by atomic mass is 9.97. The Balaban J connectivity index is 2.43. The monoisotopic (exact) mass is 228 g/mol. The molecule has 1 aliphatic heterocycles. The number of amides is 2. The van der Waals surface area contributed by atoms with Gasteiger partial charge < -0.3 is 14.5 Å². The normalized spacial score (nSPS) is 17.1.